The van der Waals surface area contributed by atoms with E-state index in [1.165, 1.54) is 17.7 Å². The summed E-state index contributed by atoms with van der Waals surface area (Å²) in [5.41, 5.74) is 0. The van der Waals surface area contributed by atoms with Gasteiger partial charge in [0.25, 0.3) is 0 Å². The second kappa shape index (κ2) is 1.83. The van der Waals surface area contributed by atoms with Gasteiger partial charge in [-0.1, -0.05) is 31.9 Å². The second-order valence-electron chi connectivity index (χ2n) is 1.52. The Labute approximate surface area is 54.6 Å². The fourth-order valence-corrected chi connectivity index (χ4v) is 2.85. The maximum Gasteiger partial charge on any atom is 0.0432 e. The molecule has 0 heterocycles. The van der Waals surface area contributed by atoms with Crippen molar-refractivity contribution in [1.82, 2.24) is 0 Å². The summed E-state index contributed by atoms with van der Waals surface area (Å²) in [4.78, 5) is 2.22. The number of rotatable bonds is 0. The third-order valence-corrected chi connectivity index (χ3v) is 2.18. The molecular weight excluding hydrogens is 208 g/mol. The van der Waals surface area contributed by atoms with Crippen molar-refractivity contribution in [3.05, 3.63) is 4.83 Å². The van der Waals surface area contributed by atoms with Crippen molar-refractivity contribution in [3.63, 3.8) is 0 Å². The predicted molar refractivity (Wildman–Crippen MR) is 34.1 cm³/mol. The minimum atomic E-state index is 0.770. The fraction of sp³-hybridized carbons (Fsp3) is 0.750. The summed E-state index contributed by atoms with van der Waals surface area (Å²) in [5.74, 6) is 0. The Morgan fingerprint density at radius 2 is 2.00 bits per heavy atom. The summed E-state index contributed by atoms with van der Waals surface area (Å²) in [7, 11) is 0. The van der Waals surface area contributed by atoms with Crippen LogP contribution in [0, 0.1) is 4.83 Å². The molecule has 0 saturated heterocycles. The van der Waals surface area contributed by atoms with E-state index in [1.54, 1.807) is 0 Å². The first-order valence-corrected chi connectivity index (χ1v) is 3.64. The van der Waals surface area contributed by atoms with Crippen molar-refractivity contribution in [2.45, 2.75) is 17.7 Å². The van der Waals surface area contributed by atoms with E-state index in [2.05, 4.69) is 31.9 Å². The summed E-state index contributed by atoms with van der Waals surface area (Å²) in [6.07, 6.45) is 2.44. The van der Waals surface area contributed by atoms with Crippen LogP contribution in [-0.2, 0) is 0 Å². The number of hydrogen-bond donors (Lipinski definition) is 0. The first-order valence-electron chi connectivity index (χ1n) is 1.93. The van der Waals surface area contributed by atoms with Gasteiger partial charge in [0.1, 0.15) is 0 Å². The quantitative estimate of drug-likeness (QED) is 0.542. The Balaban J connectivity index is 2.11. The molecule has 1 rings (SSSR count). The van der Waals surface area contributed by atoms with Crippen LogP contribution in [0.4, 0.5) is 0 Å². The van der Waals surface area contributed by atoms with Crippen molar-refractivity contribution < 1.29 is 0 Å². The highest BCUT2D eigenvalue weighted by atomic mass is 79.9. The Hall–Kier alpha value is 0.960. The molecular formula is C4H5Br2. The first kappa shape index (κ1) is 5.10. The van der Waals surface area contributed by atoms with Crippen LogP contribution in [0.5, 0.6) is 0 Å². The molecule has 0 atom stereocenters. The minimum Gasteiger partial charge on any atom is -0.0890 e. The van der Waals surface area contributed by atoms with E-state index in [0.29, 0.717) is 0 Å². The topological polar surface area (TPSA) is 0 Å². The zero-order valence-corrected chi connectivity index (χ0v) is 6.42. The van der Waals surface area contributed by atoms with E-state index in [0.717, 1.165) is 4.83 Å². The molecule has 0 aromatic heterocycles. The van der Waals surface area contributed by atoms with Gasteiger partial charge in [-0.25, -0.2) is 0 Å². The molecule has 0 unspecified atom stereocenters. The average Bonchev–Trinajstić information content (AvgIpc) is 1.33. The van der Waals surface area contributed by atoms with Crippen molar-refractivity contribution in [2.24, 2.45) is 0 Å². The van der Waals surface area contributed by atoms with Crippen LogP contribution in [0.25, 0.3) is 0 Å². The molecule has 6 heavy (non-hydrogen) atoms. The van der Waals surface area contributed by atoms with Gasteiger partial charge in [-0.15, -0.1) is 0 Å². The lowest BCUT2D eigenvalue weighted by Crippen LogP contribution is -2.15. The Morgan fingerprint density at radius 1 is 1.50 bits per heavy atom. The molecule has 0 aromatic carbocycles. The van der Waals surface area contributed by atoms with Crippen LogP contribution in [0.1, 0.15) is 12.8 Å². The lowest BCUT2D eigenvalue weighted by atomic mass is 10.0. The molecule has 0 spiro atoms. The van der Waals surface area contributed by atoms with Gasteiger partial charge in [-0.05, 0) is 12.8 Å². The van der Waals surface area contributed by atoms with Crippen LogP contribution in [0.15, 0.2) is 0 Å². The average molecular weight is 213 g/mol. The minimum absolute atomic E-state index is 0.770. The molecule has 0 nitrogen and oxygen atoms in total. The van der Waals surface area contributed by atoms with E-state index in [-0.39, 0.29) is 0 Å². The summed E-state index contributed by atoms with van der Waals surface area (Å²) in [5, 5.41) is 0. The lowest BCUT2D eigenvalue weighted by molar-refractivity contribution is 0.664. The smallest absolute Gasteiger partial charge is 0.0432 e. The molecule has 35 valence electrons. The number of halogens is 2. The fourth-order valence-electron chi connectivity index (χ4n) is 0.421. The van der Waals surface area contributed by atoms with Gasteiger partial charge in [0.05, 0.1) is 0 Å². The molecule has 1 saturated carbocycles. The lowest BCUT2D eigenvalue weighted by Gasteiger charge is -2.24. The van der Waals surface area contributed by atoms with Crippen LogP contribution in [0.2, 0.25) is 0 Å². The number of hydrogen-bond acceptors (Lipinski definition) is 0. The molecule has 1 fully saturated rings. The normalized spacial score (nSPS) is 27.0. The molecule has 1 aliphatic rings. The van der Waals surface area contributed by atoms with Crippen LogP contribution >= 0.6 is 31.9 Å². The highest BCUT2D eigenvalue weighted by Gasteiger charge is 2.24. The molecule has 2 heteroatoms. The highest BCUT2D eigenvalue weighted by molar-refractivity contribution is 9.11. The van der Waals surface area contributed by atoms with Crippen molar-refractivity contribution >= 4 is 31.9 Å². The van der Waals surface area contributed by atoms with Crippen LogP contribution < -0.4 is 0 Å². The van der Waals surface area contributed by atoms with Crippen molar-refractivity contribution in [2.75, 3.05) is 0 Å². The van der Waals surface area contributed by atoms with Crippen LogP contribution in [-0.4, -0.2) is 4.83 Å². The van der Waals surface area contributed by atoms with E-state index >= 15 is 0 Å². The maximum atomic E-state index is 3.45. The molecule has 1 aliphatic carbocycles. The Kier molecular flexibility index (Phi) is 1.55. The van der Waals surface area contributed by atoms with E-state index < -0.39 is 0 Å². The van der Waals surface area contributed by atoms with Gasteiger partial charge in [-0.2, -0.15) is 0 Å². The van der Waals surface area contributed by atoms with E-state index in [1.807, 2.05) is 0 Å². The second-order valence-corrected chi connectivity index (χ2v) is 3.94. The summed E-state index contributed by atoms with van der Waals surface area (Å²) in [6.45, 7) is 0. The summed E-state index contributed by atoms with van der Waals surface area (Å²) < 4.78 is 0. The Bertz CT molecular complexity index is 41.5. The largest absolute Gasteiger partial charge is 0.0890 e. The van der Waals surface area contributed by atoms with Crippen molar-refractivity contribution in [3.8, 4) is 0 Å². The number of alkyl halides is 1. The van der Waals surface area contributed by atoms with Crippen molar-refractivity contribution in [1.29, 1.82) is 0 Å². The zero-order chi connectivity index (χ0) is 4.57. The molecule has 0 aliphatic heterocycles. The summed E-state index contributed by atoms with van der Waals surface area (Å²) >= 11 is 6.84. The zero-order valence-electron chi connectivity index (χ0n) is 3.25. The van der Waals surface area contributed by atoms with Gasteiger partial charge < -0.3 is 0 Å². The SMILES string of the molecule is Br[C]1CC(Br)C1. The van der Waals surface area contributed by atoms with Gasteiger partial charge in [0.2, 0.25) is 0 Å². The van der Waals surface area contributed by atoms with E-state index in [4.69, 9.17) is 0 Å². The molecule has 0 N–H and O–H groups in total. The molecule has 0 aromatic rings. The molecule has 0 amide bonds. The predicted octanol–water partition coefficient (Wildman–Crippen LogP) is 2.47. The van der Waals surface area contributed by atoms with Gasteiger partial charge in [-0.3, -0.25) is 0 Å². The standard InChI is InChI=1S/C4H5Br2/c5-3-1-4(6)2-3/h3H,1-2H2. The van der Waals surface area contributed by atoms with Gasteiger partial charge >= 0.3 is 0 Å². The highest BCUT2D eigenvalue weighted by Crippen LogP contribution is 2.39. The molecule has 0 bridgehead atoms. The first-order chi connectivity index (χ1) is 2.79. The molecule has 1 radical (unpaired) electrons. The third kappa shape index (κ3) is 0.969. The van der Waals surface area contributed by atoms with Gasteiger partial charge in [0, 0.05) is 9.65 Å². The van der Waals surface area contributed by atoms with Crippen LogP contribution in [0.3, 0.4) is 0 Å². The summed E-state index contributed by atoms with van der Waals surface area (Å²) in [6, 6.07) is 0. The maximum absolute atomic E-state index is 3.45. The van der Waals surface area contributed by atoms with Gasteiger partial charge in [0.15, 0.2) is 0 Å². The third-order valence-electron chi connectivity index (χ3n) is 0.886. The van der Waals surface area contributed by atoms with E-state index in [9.17, 15) is 0 Å². The Morgan fingerprint density at radius 3 is 2.00 bits per heavy atom. The monoisotopic (exact) mass is 211 g/mol.